The monoisotopic (exact) mass is 231 g/mol. The van der Waals surface area contributed by atoms with Gasteiger partial charge in [0.1, 0.15) is 6.07 Å². The van der Waals surface area contributed by atoms with E-state index in [4.69, 9.17) is 5.26 Å². The summed E-state index contributed by atoms with van der Waals surface area (Å²) in [5.74, 6) is 0. The van der Waals surface area contributed by atoms with Crippen LogP contribution >= 0.6 is 0 Å². The lowest BCUT2D eigenvalue weighted by Gasteiger charge is -2.19. The number of urea groups is 1. The molecule has 90 valence electrons. The van der Waals surface area contributed by atoms with E-state index in [1.54, 1.807) is 25.2 Å². The number of nitriles is 1. The van der Waals surface area contributed by atoms with Gasteiger partial charge in [-0.25, -0.2) is 4.79 Å². The molecule has 0 fully saturated rings. The lowest BCUT2D eigenvalue weighted by molar-refractivity contribution is 0.247. The number of benzene rings is 1. The average molecular weight is 231 g/mol. The second-order valence-corrected chi connectivity index (χ2v) is 3.77. The Morgan fingerprint density at radius 2 is 2.18 bits per heavy atom. The maximum Gasteiger partial charge on any atom is 0.321 e. The van der Waals surface area contributed by atoms with Crippen molar-refractivity contribution < 1.29 is 4.79 Å². The topological polar surface area (TPSA) is 56.1 Å². The van der Waals surface area contributed by atoms with E-state index in [9.17, 15) is 4.79 Å². The Kier molecular flexibility index (Phi) is 5.02. The Labute approximate surface area is 102 Å². The molecule has 0 aliphatic rings. The van der Waals surface area contributed by atoms with E-state index in [1.807, 2.05) is 6.07 Å². The second-order valence-electron chi connectivity index (χ2n) is 3.77. The molecule has 4 heteroatoms. The van der Waals surface area contributed by atoms with E-state index in [1.165, 1.54) is 4.90 Å². The summed E-state index contributed by atoms with van der Waals surface area (Å²) in [6, 6.07) is 8.95. The van der Waals surface area contributed by atoms with Gasteiger partial charge in [0.25, 0.3) is 0 Å². The first-order chi connectivity index (χ1) is 8.20. The standard InChI is InChI=1S/C13H17N3O/c1-3-4-9-15-13(17)16(2)12-8-6-5-7-11(12)10-14/h5-8H,3-4,9H2,1-2H3,(H,15,17). The summed E-state index contributed by atoms with van der Waals surface area (Å²) in [5.41, 5.74) is 1.13. The first kappa shape index (κ1) is 13.0. The third-order valence-corrected chi connectivity index (χ3v) is 2.50. The third kappa shape index (κ3) is 3.49. The van der Waals surface area contributed by atoms with Gasteiger partial charge in [0, 0.05) is 13.6 Å². The van der Waals surface area contributed by atoms with Gasteiger partial charge in [0.05, 0.1) is 11.3 Å². The van der Waals surface area contributed by atoms with E-state index in [2.05, 4.69) is 18.3 Å². The summed E-state index contributed by atoms with van der Waals surface area (Å²) in [7, 11) is 1.66. The van der Waals surface area contributed by atoms with E-state index in [0.29, 0.717) is 17.8 Å². The molecule has 0 unspecified atom stereocenters. The van der Waals surface area contributed by atoms with Gasteiger partial charge in [0.2, 0.25) is 0 Å². The molecule has 0 spiro atoms. The lowest BCUT2D eigenvalue weighted by Crippen LogP contribution is -2.38. The number of hydrogen-bond donors (Lipinski definition) is 1. The molecule has 1 aromatic carbocycles. The van der Waals surface area contributed by atoms with Crippen LogP contribution in [0.4, 0.5) is 10.5 Å². The molecule has 0 atom stereocenters. The fourth-order valence-corrected chi connectivity index (χ4v) is 1.46. The van der Waals surface area contributed by atoms with E-state index >= 15 is 0 Å². The Morgan fingerprint density at radius 1 is 1.47 bits per heavy atom. The van der Waals surface area contributed by atoms with Crippen molar-refractivity contribution in [1.82, 2.24) is 5.32 Å². The summed E-state index contributed by atoms with van der Waals surface area (Å²) >= 11 is 0. The van der Waals surface area contributed by atoms with Crippen molar-refractivity contribution in [2.45, 2.75) is 19.8 Å². The summed E-state index contributed by atoms with van der Waals surface area (Å²) in [6.07, 6.45) is 2.00. The van der Waals surface area contributed by atoms with Gasteiger partial charge >= 0.3 is 6.03 Å². The van der Waals surface area contributed by atoms with Gasteiger partial charge < -0.3 is 5.32 Å². The summed E-state index contributed by atoms with van der Waals surface area (Å²) in [5, 5.41) is 11.8. The fraction of sp³-hybridized carbons (Fsp3) is 0.385. The van der Waals surface area contributed by atoms with Crippen molar-refractivity contribution in [2.24, 2.45) is 0 Å². The highest BCUT2D eigenvalue weighted by molar-refractivity contribution is 5.92. The molecule has 1 aromatic rings. The first-order valence-corrected chi connectivity index (χ1v) is 5.71. The number of carbonyl (C=O) groups excluding carboxylic acids is 1. The molecule has 1 rings (SSSR count). The quantitative estimate of drug-likeness (QED) is 0.809. The first-order valence-electron chi connectivity index (χ1n) is 5.71. The molecule has 0 aliphatic heterocycles. The van der Waals surface area contributed by atoms with Crippen molar-refractivity contribution in [2.75, 3.05) is 18.5 Å². The fourth-order valence-electron chi connectivity index (χ4n) is 1.46. The van der Waals surface area contributed by atoms with Gasteiger partial charge in [-0.05, 0) is 18.6 Å². The van der Waals surface area contributed by atoms with Crippen LogP contribution in [0.15, 0.2) is 24.3 Å². The maximum absolute atomic E-state index is 11.8. The smallest absolute Gasteiger partial charge is 0.321 e. The predicted molar refractivity (Wildman–Crippen MR) is 67.9 cm³/mol. The molecule has 17 heavy (non-hydrogen) atoms. The summed E-state index contributed by atoms with van der Waals surface area (Å²) in [6.45, 7) is 2.73. The van der Waals surface area contributed by atoms with Gasteiger partial charge in [-0.1, -0.05) is 25.5 Å². The normalized spacial score (nSPS) is 9.47. The van der Waals surface area contributed by atoms with Crippen LogP contribution in [-0.2, 0) is 0 Å². The van der Waals surface area contributed by atoms with Gasteiger partial charge in [0.15, 0.2) is 0 Å². The zero-order valence-corrected chi connectivity index (χ0v) is 10.2. The molecule has 0 heterocycles. The van der Waals surface area contributed by atoms with Crippen molar-refractivity contribution in [3.63, 3.8) is 0 Å². The van der Waals surface area contributed by atoms with Crippen molar-refractivity contribution in [1.29, 1.82) is 5.26 Å². The average Bonchev–Trinajstić information content (AvgIpc) is 2.38. The minimum Gasteiger partial charge on any atom is -0.338 e. The van der Waals surface area contributed by atoms with Gasteiger partial charge in [-0.15, -0.1) is 0 Å². The molecular weight excluding hydrogens is 214 g/mol. The zero-order valence-electron chi connectivity index (χ0n) is 10.2. The molecule has 1 N–H and O–H groups in total. The lowest BCUT2D eigenvalue weighted by atomic mass is 10.2. The van der Waals surface area contributed by atoms with Crippen LogP contribution in [0.25, 0.3) is 0 Å². The maximum atomic E-state index is 11.8. The molecule has 0 saturated carbocycles. The number of anilines is 1. The highest BCUT2D eigenvalue weighted by Gasteiger charge is 2.12. The number of amides is 2. The number of carbonyl (C=O) groups is 1. The molecule has 2 amide bonds. The van der Waals surface area contributed by atoms with E-state index in [-0.39, 0.29) is 6.03 Å². The highest BCUT2D eigenvalue weighted by Crippen LogP contribution is 2.17. The van der Waals surface area contributed by atoms with Crippen LogP contribution in [0.1, 0.15) is 25.3 Å². The Balaban J connectivity index is 2.72. The minimum absolute atomic E-state index is 0.179. The number of unbranched alkanes of at least 4 members (excludes halogenated alkanes) is 1. The number of nitrogens with zero attached hydrogens (tertiary/aromatic N) is 2. The number of para-hydroxylation sites is 1. The van der Waals surface area contributed by atoms with Crippen LogP contribution < -0.4 is 10.2 Å². The molecule has 0 bridgehead atoms. The van der Waals surface area contributed by atoms with Crippen molar-refractivity contribution in [3.8, 4) is 6.07 Å². The third-order valence-electron chi connectivity index (χ3n) is 2.50. The Bertz CT molecular complexity index is 423. The summed E-state index contributed by atoms with van der Waals surface area (Å²) in [4.78, 5) is 13.3. The van der Waals surface area contributed by atoms with Crippen LogP contribution in [-0.4, -0.2) is 19.6 Å². The second kappa shape index (κ2) is 6.54. The number of rotatable bonds is 4. The molecule has 0 radical (unpaired) electrons. The molecule has 0 aliphatic carbocycles. The minimum atomic E-state index is -0.179. The zero-order chi connectivity index (χ0) is 12.7. The number of hydrogen-bond acceptors (Lipinski definition) is 2. The molecule has 0 saturated heterocycles. The highest BCUT2D eigenvalue weighted by atomic mass is 16.2. The van der Waals surface area contributed by atoms with Crippen LogP contribution in [0.2, 0.25) is 0 Å². The molecule has 4 nitrogen and oxygen atoms in total. The van der Waals surface area contributed by atoms with E-state index < -0.39 is 0 Å². The van der Waals surface area contributed by atoms with Crippen LogP contribution in [0.3, 0.4) is 0 Å². The molecule has 0 aromatic heterocycles. The van der Waals surface area contributed by atoms with Crippen LogP contribution in [0.5, 0.6) is 0 Å². The van der Waals surface area contributed by atoms with E-state index in [0.717, 1.165) is 12.8 Å². The largest absolute Gasteiger partial charge is 0.338 e. The van der Waals surface area contributed by atoms with Crippen LogP contribution in [0, 0.1) is 11.3 Å². The van der Waals surface area contributed by atoms with Gasteiger partial charge in [-0.2, -0.15) is 5.26 Å². The summed E-state index contributed by atoms with van der Waals surface area (Å²) < 4.78 is 0. The Hall–Kier alpha value is -2.02. The number of nitrogens with one attached hydrogen (secondary N) is 1. The SMILES string of the molecule is CCCCNC(=O)N(C)c1ccccc1C#N. The van der Waals surface area contributed by atoms with Crippen molar-refractivity contribution >= 4 is 11.7 Å². The molecular formula is C13H17N3O. The Morgan fingerprint density at radius 3 is 2.82 bits per heavy atom. The predicted octanol–water partition coefficient (Wildman–Crippen LogP) is 2.50. The van der Waals surface area contributed by atoms with Crippen molar-refractivity contribution in [3.05, 3.63) is 29.8 Å². The van der Waals surface area contributed by atoms with Gasteiger partial charge in [-0.3, -0.25) is 4.90 Å².